The molecule has 0 amide bonds. The number of aromatic nitrogens is 2. The molecule has 0 bridgehead atoms. The number of nitrogens with zero attached hydrogens (tertiary/aromatic N) is 3. The number of fused-ring (bicyclic) bond motifs is 2. The van der Waals surface area contributed by atoms with Crippen LogP contribution in [-0.2, 0) is 21.0 Å². The fourth-order valence-corrected chi connectivity index (χ4v) is 5.90. The quantitative estimate of drug-likeness (QED) is 0.167. The Balaban J connectivity index is 1.87. The van der Waals surface area contributed by atoms with Gasteiger partial charge in [-0.15, -0.1) is 0 Å². The van der Waals surface area contributed by atoms with Crippen LogP contribution in [0.25, 0.3) is 32.8 Å². The third-order valence-electron chi connectivity index (χ3n) is 7.12. The number of sulfone groups is 1. The molecule has 1 aromatic heterocycles. The average Bonchev–Trinajstić information content (AvgIpc) is 3.67. The predicted molar refractivity (Wildman–Crippen MR) is 149 cm³/mol. The summed E-state index contributed by atoms with van der Waals surface area (Å²) >= 11 is 6.73. The molecule has 1 heterocycles. The summed E-state index contributed by atoms with van der Waals surface area (Å²) in [7, 11) is -0.945. The van der Waals surface area contributed by atoms with Crippen LogP contribution in [0.5, 0.6) is 5.75 Å². The van der Waals surface area contributed by atoms with Gasteiger partial charge in [0.15, 0.2) is 12.6 Å². The summed E-state index contributed by atoms with van der Waals surface area (Å²) < 4.78 is 81.8. The van der Waals surface area contributed by atoms with Crippen LogP contribution in [0.15, 0.2) is 35.5 Å². The van der Waals surface area contributed by atoms with Crippen molar-refractivity contribution in [2.24, 2.45) is 0 Å². The highest BCUT2D eigenvalue weighted by molar-refractivity contribution is 7.91. The largest absolute Gasteiger partial charge is 0.468 e. The molecule has 3 aromatic carbocycles. The number of halogens is 4. The SMILES string of the molecule is CCc1c(F)ccc2cc(OCOC)cc(-c3c(Cl)cc4c(N(C)[C@H]5C[C@@H]5F)nc(S(=O)(=O)CC)nc4c3F)c12. The van der Waals surface area contributed by atoms with Crippen LogP contribution < -0.4 is 9.64 Å². The Morgan fingerprint density at radius 3 is 2.50 bits per heavy atom. The standard InChI is InChI=1S/C28H27ClF3N3O4S/c1-5-16-20(30)8-7-14-9-15(39-13-38-4)10-17(23(14)16)24-19(29)11-18-26(25(24)32)33-28(40(36,37)6-2)34-27(18)35(3)22-12-21(22)31/h7-11,21-22H,5-6,12-13H2,1-4H3/t21-,22-/m0/s1. The number of hydrogen-bond donors (Lipinski definition) is 0. The van der Waals surface area contributed by atoms with Gasteiger partial charge in [0.05, 0.1) is 16.8 Å². The second kappa shape index (κ2) is 10.7. The third kappa shape index (κ3) is 4.84. The van der Waals surface area contributed by atoms with Gasteiger partial charge >= 0.3 is 0 Å². The Hall–Kier alpha value is -3.15. The van der Waals surface area contributed by atoms with Gasteiger partial charge in [-0.2, -0.15) is 0 Å². The van der Waals surface area contributed by atoms with E-state index in [2.05, 4.69) is 9.97 Å². The van der Waals surface area contributed by atoms with Gasteiger partial charge in [0, 0.05) is 31.5 Å². The van der Waals surface area contributed by atoms with Crippen molar-refractivity contribution in [1.29, 1.82) is 0 Å². The van der Waals surface area contributed by atoms with Crippen molar-refractivity contribution in [3.05, 3.63) is 52.6 Å². The van der Waals surface area contributed by atoms with Crippen molar-refractivity contribution in [1.82, 2.24) is 9.97 Å². The molecule has 1 aliphatic rings. The van der Waals surface area contributed by atoms with Crippen molar-refractivity contribution in [3.8, 4) is 16.9 Å². The van der Waals surface area contributed by atoms with Crippen molar-refractivity contribution in [3.63, 3.8) is 0 Å². The molecule has 4 aromatic rings. The Bertz CT molecular complexity index is 1750. The van der Waals surface area contributed by atoms with Gasteiger partial charge in [-0.05, 0) is 52.6 Å². The van der Waals surface area contributed by atoms with Crippen molar-refractivity contribution < 1.29 is 31.1 Å². The molecule has 12 heteroatoms. The van der Waals surface area contributed by atoms with Crippen LogP contribution in [0, 0.1) is 11.6 Å². The van der Waals surface area contributed by atoms with Crippen molar-refractivity contribution >= 4 is 48.9 Å². The molecular formula is C28H27ClF3N3O4S. The first kappa shape index (κ1) is 28.4. The smallest absolute Gasteiger partial charge is 0.249 e. The second-order valence-corrected chi connectivity index (χ2v) is 12.2. The van der Waals surface area contributed by atoms with Crippen LogP contribution in [0.1, 0.15) is 25.8 Å². The van der Waals surface area contributed by atoms with Gasteiger partial charge in [-0.3, -0.25) is 0 Å². The zero-order chi connectivity index (χ0) is 28.9. The lowest BCUT2D eigenvalue weighted by atomic mass is 9.92. The molecule has 1 fully saturated rings. The van der Waals surface area contributed by atoms with E-state index in [9.17, 15) is 17.2 Å². The molecule has 212 valence electrons. The Morgan fingerprint density at radius 1 is 1.15 bits per heavy atom. The zero-order valence-electron chi connectivity index (χ0n) is 22.3. The maximum absolute atomic E-state index is 16.7. The Kier molecular flexibility index (Phi) is 7.58. The number of methoxy groups -OCH3 is 1. The lowest BCUT2D eigenvalue weighted by molar-refractivity contribution is 0.0512. The highest BCUT2D eigenvalue weighted by atomic mass is 35.5. The molecule has 0 spiro atoms. The van der Waals surface area contributed by atoms with Gasteiger partial charge in [0.2, 0.25) is 15.0 Å². The fraction of sp³-hybridized carbons (Fsp3) is 0.357. The third-order valence-corrected chi connectivity index (χ3v) is 8.92. The van der Waals surface area contributed by atoms with Gasteiger partial charge in [-0.1, -0.05) is 31.5 Å². The van der Waals surface area contributed by atoms with Gasteiger partial charge in [-0.25, -0.2) is 31.6 Å². The lowest BCUT2D eigenvalue weighted by Gasteiger charge is -2.22. The van der Waals surface area contributed by atoms with E-state index < -0.39 is 38.8 Å². The highest BCUT2D eigenvalue weighted by Gasteiger charge is 2.42. The molecule has 1 aliphatic carbocycles. The lowest BCUT2D eigenvalue weighted by Crippen LogP contribution is -2.25. The molecule has 0 radical (unpaired) electrons. The summed E-state index contributed by atoms with van der Waals surface area (Å²) in [5.41, 5.74) is 0.180. The van der Waals surface area contributed by atoms with Crippen molar-refractivity contribution in [2.45, 2.75) is 44.1 Å². The Morgan fingerprint density at radius 2 is 1.88 bits per heavy atom. The number of benzene rings is 3. The van der Waals surface area contributed by atoms with Gasteiger partial charge in [0.1, 0.15) is 29.1 Å². The van der Waals surface area contributed by atoms with Crippen LogP contribution in [0.4, 0.5) is 19.0 Å². The minimum atomic E-state index is -3.96. The first-order valence-electron chi connectivity index (χ1n) is 12.7. The molecule has 5 rings (SSSR count). The van der Waals surface area contributed by atoms with E-state index in [1.54, 1.807) is 26.1 Å². The highest BCUT2D eigenvalue weighted by Crippen LogP contribution is 2.44. The number of aryl methyl sites for hydroxylation is 1. The summed E-state index contributed by atoms with van der Waals surface area (Å²) in [6.45, 7) is 3.12. The summed E-state index contributed by atoms with van der Waals surface area (Å²) in [4.78, 5) is 9.82. The molecule has 0 aliphatic heterocycles. The predicted octanol–water partition coefficient (Wildman–Crippen LogP) is 6.27. The van der Waals surface area contributed by atoms with Gasteiger partial charge in [0.25, 0.3) is 0 Å². The van der Waals surface area contributed by atoms with E-state index in [-0.39, 0.29) is 51.8 Å². The van der Waals surface area contributed by atoms with Crippen LogP contribution in [0.2, 0.25) is 5.02 Å². The molecule has 0 N–H and O–H groups in total. The first-order valence-corrected chi connectivity index (χ1v) is 14.7. The summed E-state index contributed by atoms with van der Waals surface area (Å²) in [5.74, 6) is -1.32. The number of ether oxygens (including phenoxy) is 2. The maximum Gasteiger partial charge on any atom is 0.249 e. The van der Waals surface area contributed by atoms with E-state index in [0.29, 0.717) is 28.5 Å². The topological polar surface area (TPSA) is 81.6 Å². The normalized spacial score (nSPS) is 17.0. The van der Waals surface area contributed by atoms with Gasteiger partial charge < -0.3 is 14.4 Å². The number of hydrogen-bond acceptors (Lipinski definition) is 7. The van der Waals surface area contributed by atoms with E-state index in [4.69, 9.17) is 21.1 Å². The zero-order valence-corrected chi connectivity index (χ0v) is 23.8. The monoisotopic (exact) mass is 593 g/mol. The summed E-state index contributed by atoms with van der Waals surface area (Å²) in [5, 5.41) is 0.519. The minimum absolute atomic E-state index is 0.0431. The van der Waals surface area contributed by atoms with E-state index in [0.717, 1.165) is 0 Å². The minimum Gasteiger partial charge on any atom is -0.468 e. The first-order chi connectivity index (χ1) is 19.0. The van der Waals surface area contributed by atoms with E-state index >= 15 is 4.39 Å². The molecular weight excluding hydrogens is 567 g/mol. The molecule has 0 unspecified atom stereocenters. The second-order valence-electron chi connectivity index (χ2n) is 9.61. The maximum atomic E-state index is 16.7. The molecule has 7 nitrogen and oxygen atoms in total. The fourth-order valence-electron chi connectivity index (χ4n) is 4.90. The number of alkyl halides is 1. The molecule has 1 saturated carbocycles. The van der Waals surface area contributed by atoms with Crippen LogP contribution in [-0.4, -0.2) is 57.3 Å². The summed E-state index contributed by atoms with van der Waals surface area (Å²) in [6.07, 6.45) is -0.578. The molecule has 2 atom stereocenters. The van der Waals surface area contributed by atoms with E-state index in [1.807, 2.05) is 0 Å². The number of rotatable bonds is 9. The Labute approximate surface area is 234 Å². The van der Waals surface area contributed by atoms with E-state index in [1.165, 1.54) is 37.1 Å². The van der Waals surface area contributed by atoms with Crippen LogP contribution in [0.3, 0.4) is 0 Å². The summed E-state index contributed by atoms with van der Waals surface area (Å²) in [6, 6.07) is 7.00. The molecule has 40 heavy (non-hydrogen) atoms. The number of anilines is 1. The molecule has 0 saturated heterocycles. The van der Waals surface area contributed by atoms with Crippen molar-refractivity contribution in [2.75, 3.05) is 31.6 Å². The average molecular weight is 594 g/mol. The van der Waals surface area contributed by atoms with Crippen LogP contribution >= 0.6 is 11.6 Å².